The third kappa shape index (κ3) is 2.43. The summed E-state index contributed by atoms with van der Waals surface area (Å²) in [6.07, 6.45) is 1.07. The van der Waals surface area contributed by atoms with Crippen molar-refractivity contribution in [3.8, 4) is 17.2 Å². The highest BCUT2D eigenvalue weighted by Gasteiger charge is 2.08. The second kappa shape index (κ2) is 4.79. The standard InChI is InChI=1S/C14H12O4/c15-8-11-7-14(18)13(17)6-10(11)5-9-1-3-12(16)4-2-9/h1-4,6-8,16-18H,5H2. The molecule has 4 nitrogen and oxygen atoms in total. The molecule has 18 heavy (non-hydrogen) atoms. The van der Waals surface area contributed by atoms with E-state index in [1.807, 2.05) is 0 Å². The van der Waals surface area contributed by atoms with E-state index in [2.05, 4.69) is 0 Å². The molecule has 0 unspecified atom stereocenters. The van der Waals surface area contributed by atoms with Crippen molar-refractivity contribution in [1.29, 1.82) is 0 Å². The van der Waals surface area contributed by atoms with Crippen molar-refractivity contribution < 1.29 is 20.1 Å². The first kappa shape index (κ1) is 12.0. The maximum atomic E-state index is 10.9. The summed E-state index contributed by atoms with van der Waals surface area (Å²) >= 11 is 0. The van der Waals surface area contributed by atoms with Gasteiger partial charge in [-0.2, -0.15) is 0 Å². The Morgan fingerprint density at radius 1 is 0.944 bits per heavy atom. The van der Waals surface area contributed by atoms with Crippen molar-refractivity contribution >= 4 is 6.29 Å². The molecule has 0 heterocycles. The Morgan fingerprint density at radius 2 is 1.56 bits per heavy atom. The molecule has 2 aromatic rings. The average Bonchev–Trinajstić information content (AvgIpc) is 2.36. The molecule has 0 saturated heterocycles. The number of carbonyl (C=O) groups excluding carboxylic acids is 1. The lowest BCUT2D eigenvalue weighted by Gasteiger charge is -2.07. The number of aldehydes is 1. The minimum Gasteiger partial charge on any atom is -0.508 e. The molecule has 0 fully saturated rings. The minimum absolute atomic E-state index is 0.169. The Labute approximate surface area is 104 Å². The number of hydrogen-bond donors (Lipinski definition) is 3. The predicted octanol–water partition coefficient (Wildman–Crippen LogP) is 2.21. The maximum Gasteiger partial charge on any atom is 0.158 e. The zero-order valence-electron chi connectivity index (χ0n) is 9.50. The Bertz CT molecular complexity index is 573. The summed E-state index contributed by atoms with van der Waals surface area (Å²) in [6.45, 7) is 0. The number of benzene rings is 2. The van der Waals surface area contributed by atoms with Crippen LogP contribution in [-0.4, -0.2) is 21.6 Å². The van der Waals surface area contributed by atoms with E-state index in [0.717, 1.165) is 5.56 Å². The van der Waals surface area contributed by atoms with Crippen LogP contribution in [0.5, 0.6) is 17.2 Å². The number of rotatable bonds is 3. The topological polar surface area (TPSA) is 77.8 Å². The molecule has 0 amide bonds. The van der Waals surface area contributed by atoms with Crippen molar-refractivity contribution in [2.75, 3.05) is 0 Å². The molecule has 2 aromatic carbocycles. The van der Waals surface area contributed by atoms with Gasteiger partial charge in [0, 0.05) is 5.56 Å². The first-order valence-corrected chi connectivity index (χ1v) is 5.38. The van der Waals surface area contributed by atoms with Crippen LogP contribution in [0.4, 0.5) is 0 Å². The highest BCUT2D eigenvalue weighted by molar-refractivity contribution is 5.79. The van der Waals surface area contributed by atoms with Crippen molar-refractivity contribution in [3.63, 3.8) is 0 Å². The van der Waals surface area contributed by atoms with E-state index in [9.17, 15) is 20.1 Å². The molecule has 92 valence electrons. The fourth-order valence-electron chi connectivity index (χ4n) is 1.73. The van der Waals surface area contributed by atoms with Crippen LogP contribution in [0.3, 0.4) is 0 Å². The van der Waals surface area contributed by atoms with Gasteiger partial charge in [-0.15, -0.1) is 0 Å². The van der Waals surface area contributed by atoms with Crippen LogP contribution < -0.4 is 0 Å². The zero-order chi connectivity index (χ0) is 13.1. The van der Waals surface area contributed by atoms with Gasteiger partial charge in [0.25, 0.3) is 0 Å². The molecule has 0 aliphatic carbocycles. The van der Waals surface area contributed by atoms with Gasteiger partial charge in [0.2, 0.25) is 0 Å². The number of phenolic OH excluding ortho intramolecular Hbond substituents is 3. The number of phenols is 3. The van der Waals surface area contributed by atoms with Gasteiger partial charge in [-0.1, -0.05) is 12.1 Å². The fraction of sp³-hybridized carbons (Fsp3) is 0.0714. The van der Waals surface area contributed by atoms with Gasteiger partial charge >= 0.3 is 0 Å². The van der Waals surface area contributed by atoms with Crippen LogP contribution >= 0.6 is 0 Å². The lowest BCUT2D eigenvalue weighted by Crippen LogP contribution is -1.94. The summed E-state index contributed by atoms with van der Waals surface area (Å²) in [6, 6.07) is 9.16. The second-order valence-corrected chi connectivity index (χ2v) is 4.00. The van der Waals surface area contributed by atoms with Crippen LogP contribution in [0.25, 0.3) is 0 Å². The molecule has 0 saturated carbocycles. The van der Waals surface area contributed by atoms with E-state index >= 15 is 0 Å². The third-order valence-electron chi connectivity index (χ3n) is 2.69. The van der Waals surface area contributed by atoms with Gasteiger partial charge in [-0.25, -0.2) is 0 Å². The predicted molar refractivity (Wildman–Crippen MR) is 66.1 cm³/mol. The summed E-state index contributed by atoms with van der Waals surface area (Å²) in [5.41, 5.74) is 1.84. The van der Waals surface area contributed by atoms with E-state index in [0.29, 0.717) is 23.8 Å². The number of carbonyl (C=O) groups is 1. The second-order valence-electron chi connectivity index (χ2n) is 4.00. The van der Waals surface area contributed by atoms with Gasteiger partial charge in [0.15, 0.2) is 11.5 Å². The van der Waals surface area contributed by atoms with E-state index in [1.165, 1.54) is 12.1 Å². The number of aromatic hydroxyl groups is 3. The Kier molecular flexibility index (Phi) is 3.19. The molecular weight excluding hydrogens is 232 g/mol. The summed E-state index contributed by atoms with van der Waals surface area (Å²) in [4.78, 5) is 10.9. The Balaban J connectivity index is 2.36. The molecule has 0 atom stereocenters. The van der Waals surface area contributed by atoms with Crippen LogP contribution in [-0.2, 0) is 6.42 Å². The monoisotopic (exact) mass is 244 g/mol. The van der Waals surface area contributed by atoms with Gasteiger partial charge < -0.3 is 15.3 Å². The van der Waals surface area contributed by atoms with E-state index < -0.39 is 0 Å². The minimum atomic E-state index is -0.313. The molecule has 0 spiro atoms. The highest BCUT2D eigenvalue weighted by Crippen LogP contribution is 2.29. The van der Waals surface area contributed by atoms with Gasteiger partial charge in [0.05, 0.1) is 0 Å². The average molecular weight is 244 g/mol. The largest absolute Gasteiger partial charge is 0.508 e. The van der Waals surface area contributed by atoms with Gasteiger partial charge in [-0.3, -0.25) is 4.79 Å². The summed E-state index contributed by atoms with van der Waals surface area (Å²) in [5.74, 6) is -0.399. The van der Waals surface area contributed by atoms with Crippen LogP contribution in [0.1, 0.15) is 21.5 Å². The van der Waals surface area contributed by atoms with Crippen molar-refractivity contribution in [2.24, 2.45) is 0 Å². The van der Waals surface area contributed by atoms with Crippen LogP contribution in [0.15, 0.2) is 36.4 Å². The Morgan fingerprint density at radius 3 is 2.17 bits per heavy atom. The smallest absolute Gasteiger partial charge is 0.158 e. The molecule has 0 bridgehead atoms. The number of hydrogen-bond acceptors (Lipinski definition) is 4. The SMILES string of the molecule is O=Cc1cc(O)c(O)cc1Cc1ccc(O)cc1. The quantitative estimate of drug-likeness (QED) is 0.571. The molecule has 3 N–H and O–H groups in total. The third-order valence-corrected chi connectivity index (χ3v) is 2.69. The summed E-state index contributed by atoms with van der Waals surface area (Å²) in [7, 11) is 0. The molecular formula is C14H12O4. The van der Waals surface area contributed by atoms with E-state index in [1.54, 1.807) is 24.3 Å². The Hall–Kier alpha value is -2.49. The van der Waals surface area contributed by atoms with Crippen LogP contribution in [0.2, 0.25) is 0 Å². The maximum absolute atomic E-state index is 10.9. The molecule has 0 aliphatic rings. The van der Waals surface area contributed by atoms with E-state index in [4.69, 9.17) is 0 Å². The lowest BCUT2D eigenvalue weighted by atomic mass is 9.99. The van der Waals surface area contributed by atoms with Crippen LogP contribution in [0, 0.1) is 0 Å². The summed E-state index contributed by atoms with van der Waals surface area (Å²) < 4.78 is 0. The van der Waals surface area contributed by atoms with E-state index in [-0.39, 0.29) is 17.2 Å². The molecule has 4 heteroatoms. The van der Waals surface area contributed by atoms with Gasteiger partial charge in [0.1, 0.15) is 12.0 Å². The van der Waals surface area contributed by atoms with Gasteiger partial charge in [-0.05, 0) is 41.8 Å². The first-order valence-electron chi connectivity index (χ1n) is 5.38. The van der Waals surface area contributed by atoms with Crippen molar-refractivity contribution in [3.05, 3.63) is 53.1 Å². The zero-order valence-corrected chi connectivity index (χ0v) is 9.50. The summed E-state index contributed by atoms with van der Waals surface area (Å²) in [5, 5.41) is 27.9. The first-order chi connectivity index (χ1) is 8.60. The molecule has 0 radical (unpaired) electrons. The molecule has 0 aliphatic heterocycles. The normalized spacial score (nSPS) is 10.2. The molecule has 0 aromatic heterocycles. The molecule has 2 rings (SSSR count). The fourth-order valence-corrected chi connectivity index (χ4v) is 1.73. The highest BCUT2D eigenvalue weighted by atomic mass is 16.3. The van der Waals surface area contributed by atoms with Crippen molar-refractivity contribution in [1.82, 2.24) is 0 Å². The lowest BCUT2D eigenvalue weighted by molar-refractivity contribution is 0.112. The van der Waals surface area contributed by atoms with Crippen molar-refractivity contribution in [2.45, 2.75) is 6.42 Å².